The maximum Gasteiger partial charge on any atom is 0.278 e. The van der Waals surface area contributed by atoms with Crippen LogP contribution < -0.4 is 5.56 Å². The molecule has 0 bridgehead atoms. The molecule has 1 aliphatic carbocycles. The van der Waals surface area contributed by atoms with Gasteiger partial charge in [0.1, 0.15) is 5.52 Å². The maximum absolute atomic E-state index is 13.8. The maximum atomic E-state index is 13.8. The van der Waals surface area contributed by atoms with E-state index in [-0.39, 0.29) is 11.6 Å². The quantitative estimate of drug-likeness (QED) is 0.448. The molecule has 0 N–H and O–H groups in total. The summed E-state index contributed by atoms with van der Waals surface area (Å²) in [4.78, 5) is 13.8. The summed E-state index contributed by atoms with van der Waals surface area (Å²) in [7, 11) is 0. The molecule has 154 valence electrons. The van der Waals surface area contributed by atoms with Crippen LogP contribution in [0.4, 0.5) is 0 Å². The van der Waals surface area contributed by atoms with E-state index in [4.69, 9.17) is 16.7 Å². The molecular formula is C24H30ClN3O. The van der Waals surface area contributed by atoms with Gasteiger partial charge >= 0.3 is 0 Å². The Bertz CT molecular complexity index is 1100. The molecule has 2 aromatic heterocycles. The van der Waals surface area contributed by atoms with Gasteiger partial charge in [-0.25, -0.2) is 4.52 Å². The fourth-order valence-electron chi connectivity index (χ4n) is 4.55. The lowest BCUT2D eigenvalue weighted by Gasteiger charge is -2.17. The van der Waals surface area contributed by atoms with E-state index in [1.165, 1.54) is 5.56 Å². The van der Waals surface area contributed by atoms with Crippen LogP contribution in [0, 0.1) is 13.8 Å². The van der Waals surface area contributed by atoms with Crippen LogP contribution in [-0.4, -0.2) is 14.2 Å². The van der Waals surface area contributed by atoms with Crippen LogP contribution in [0.1, 0.15) is 81.2 Å². The number of halogens is 1. The van der Waals surface area contributed by atoms with E-state index in [1.54, 1.807) is 0 Å². The highest BCUT2D eigenvalue weighted by molar-refractivity contribution is 6.30. The molecule has 2 heterocycles. The summed E-state index contributed by atoms with van der Waals surface area (Å²) in [5.41, 5.74) is 5.10. The molecule has 0 saturated heterocycles. The number of aryl methyl sites for hydroxylation is 2. The van der Waals surface area contributed by atoms with E-state index in [0.29, 0.717) is 10.9 Å². The van der Waals surface area contributed by atoms with Crippen molar-refractivity contribution in [1.82, 2.24) is 14.2 Å². The fourth-order valence-corrected chi connectivity index (χ4v) is 4.77. The Morgan fingerprint density at radius 1 is 1.14 bits per heavy atom. The molecule has 0 atom stereocenters. The number of rotatable bonds is 7. The van der Waals surface area contributed by atoms with Crippen molar-refractivity contribution >= 4 is 17.1 Å². The van der Waals surface area contributed by atoms with Gasteiger partial charge in [-0.05, 0) is 80.8 Å². The lowest BCUT2D eigenvalue weighted by Crippen LogP contribution is -2.26. The molecule has 4 nitrogen and oxygen atoms in total. The molecular weight excluding hydrogens is 382 g/mol. The van der Waals surface area contributed by atoms with Crippen LogP contribution in [0.25, 0.3) is 16.9 Å². The minimum atomic E-state index is 0.104. The second kappa shape index (κ2) is 7.98. The van der Waals surface area contributed by atoms with Crippen molar-refractivity contribution in [2.24, 2.45) is 0 Å². The average Bonchev–Trinajstić information content (AvgIpc) is 3.45. The first-order valence-corrected chi connectivity index (χ1v) is 11.2. The van der Waals surface area contributed by atoms with Crippen LogP contribution in [0.15, 0.2) is 29.1 Å². The minimum absolute atomic E-state index is 0.104. The summed E-state index contributed by atoms with van der Waals surface area (Å²) in [5.74, 6) is 1.17. The normalized spacial score (nSPS) is 14.3. The largest absolute Gasteiger partial charge is 0.286 e. The zero-order valence-corrected chi connectivity index (χ0v) is 18.6. The third kappa shape index (κ3) is 3.63. The van der Waals surface area contributed by atoms with Crippen molar-refractivity contribution < 1.29 is 0 Å². The van der Waals surface area contributed by atoms with Crippen LogP contribution in [0.5, 0.6) is 0 Å². The van der Waals surface area contributed by atoms with Gasteiger partial charge in [-0.15, -0.1) is 5.10 Å². The van der Waals surface area contributed by atoms with E-state index in [9.17, 15) is 4.79 Å². The molecule has 1 saturated carbocycles. The monoisotopic (exact) mass is 411 g/mol. The lowest BCUT2D eigenvalue weighted by molar-refractivity contribution is 0.562. The molecule has 0 radical (unpaired) electrons. The van der Waals surface area contributed by atoms with Crippen molar-refractivity contribution in [3.8, 4) is 11.4 Å². The topological polar surface area (TPSA) is 39.3 Å². The molecule has 4 rings (SSSR count). The predicted molar refractivity (Wildman–Crippen MR) is 120 cm³/mol. The van der Waals surface area contributed by atoms with Crippen molar-refractivity contribution in [3.63, 3.8) is 0 Å². The van der Waals surface area contributed by atoms with Gasteiger partial charge in [-0.3, -0.25) is 9.36 Å². The van der Waals surface area contributed by atoms with Gasteiger partial charge in [-0.1, -0.05) is 38.3 Å². The van der Waals surface area contributed by atoms with Crippen LogP contribution in [-0.2, 0) is 0 Å². The Balaban J connectivity index is 2.00. The average molecular weight is 412 g/mol. The number of hydrogen-bond acceptors (Lipinski definition) is 2. The van der Waals surface area contributed by atoms with Gasteiger partial charge in [-0.2, -0.15) is 0 Å². The Morgan fingerprint density at radius 3 is 2.41 bits per heavy atom. The minimum Gasteiger partial charge on any atom is -0.286 e. The van der Waals surface area contributed by atoms with Crippen molar-refractivity contribution in [2.75, 3.05) is 0 Å². The zero-order valence-electron chi connectivity index (χ0n) is 17.8. The first-order chi connectivity index (χ1) is 14.0. The highest BCUT2D eigenvalue weighted by Gasteiger charge is 2.31. The first kappa shape index (κ1) is 20.2. The molecule has 0 amide bonds. The third-order valence-corrected chi connectivity index (χ3v) is 6.32. The van der Waals surface area contributed by atoms with Crippen LogP contribution >= 0.6 is 11.6 Å². The Kier molecular flexibility index (Phi) is 5.56. The SMILES string of the molecule is CCCC(CCC)c1cc(C)n2nc(-c3ccc(Cl)cc3C)n(C3CC3)c(=O)c12. The zero-order chi connectivity index (χ0) is 20.7. The summed E-state index contributed by atoms with van der Waals surface area (Å²) >= 11 is 6.17. The number of aromatic nitrogens is 3. The molecule has 0 unspecified atom stereocenters. The van der Waals surface area contributed by atoms with Crippen molar-refractivity contribution in [1.29, 1.82) is 0 Å². The number of fused-ring (bicyclic) bond motifs is 1. The van der Waals surface area contributed by atoms with Crippen LogP contribution in [0.3, 0.4) is 0 Å². The van der Waals surface area contributed by atoms with Crippen LogP contribution in [0.2, 0.25) is 5.02 Å². The summed E-state index contributed by atoms with van der Waals surface area (Å²) in [6.07, 6.45) is 6.53. The molecule has 1 aromatic carbocycles. The first-order valence-electron chi connectivity index (χ1n) is 10.9. The van der Waals surface area contributed by atoms with Crippen molar-refractivity contribution in [3.05, 3.63) is 56.5 Å². The Morgan fingerprint density at radius 2 is 1.83 bits per heavy atom. The van der Waals surface area contributed by atoms with Gasteiger partial charge in [0, 0.05) is 22.3 Å². The summed E-state index contributed by atoms with van der Waals surface area (Å²) in [6.45, 7) is 8.52. The van der Waals surface area contributed by atoms with Gasteiger partial charge in [0.05, 0.1) is 0 Å². The van der Waals surface area contributed by atoms with Crippen molar-refractivity contribution in [2.45, 2.75) is 78.2 Å². The third-order valence-electron chi connectivity index (χ3n) is 6.08. The molecule has 1 aliphatic rings. The number of nitrogens with zero attached hydrogens (tertiary/aromatic N) is 3. The van der Waals surface area contributed by atoms with Gasteiger partial charge < -0.3 is 0 Å². The van der Waals surface area contributed by atoms with E-state index in [0.717, 1.165) is 66.7 Å². The van der Waals surface area contributed by atoms with E-state index >= 15 is 0 Å². The summed E-state index contributed by atoms with van der Waals surface area (Å²) in [5, 5.41) is 5.72. The molecule has 1 fully saturated rings. The summed E-state index contributed by atoms with van der Waals surface area (Å²) < 4.78 is 3.84. The molecule has 5 heteroatoms. The van der Waals surface area contributed by atoms with E-state index in [1.807, 2.05) is 34.2 Å². The highest BCUT2D eigenvalue weighted by Crippen LogP contribution is 2.38. The molecule has 0 spiro atoms. The Hall–Kier alpha value is -2.07. The predicted octanol–water partition coefficient (Wildman–Crippen LogP) is 6.45. The molecule has 0 aliphatic heterocycles. The van der Waals surface area contributed by atoms with Gasteiger partial charge in [0.15, 0.2) is 5.82 Å². The standard InChI is InChI=1S/C24H30ClN3O/c1-5-7-17(8-6-2)21-14-16(4)28-22(21)24(29)27(19-10-11-19)23(26-28)20-12-9-18(25)13-15(20)3/h9,12-14,17,19H,5-8,10-11H2,1-4H3. The second-order valence-electron chi connectivity index (χ2n) is 8.46. The van der Waals surface area contributed by atoms with E-state index < -0.39 is 0 Å². The fraction of sp³-hybridized carbons (Fsp3) is 0.500. The highest BCUT2D eigenvalue weighted by atomic mass is 35.5. The second-order valence-corrected chi connectivity index (χ2v) is 8.90. The number of hydrogen-bond donors (Lipinski definition) is 0. The van der Waals surface area contributed by atoms with E-state index in [2.05, 4.69) is 26.8 Å². The van der Waals surface area contributed by atoms with Gasteiger partial charge in [0.2, 0.25) is 0 Å². The smallest absolute Gasteiger partial charge is 0.278 e. The molecule has 3 aromatic rings. The molecule has 29 heavy (non-hydrogen) atoms. The number of benzene rings is 1. The Labute approximate surface area is 177 Å². The van der Waals surface area contributed by atoms with Gasteiger partial charge in [0.25, 0.3) is 5.56 Å². The lowest BCUT2D eigenvalue weighted by atomic mass is 9.91. The summed E-state index contributed by atoms with van der Waals surface area (Å²) in [6, 6.07) is 8.25.